The molecule has 0 aliphatic heterocycles. The maximum absolute atomic E-state index is 9.69. The molecule has 0 saturated heterocycles. The highest BCUT2D eigenvalue weighted by molar-refractivity contribution is 9.10. The van der Waals surface area contributed by atoms with Gasteiger partial charge in [0.2, 0.25) is 0 Å². The van der Waals surface area contributed by atoms with E-state index in [2.05, 4.69) is 35.1 Å². The molecule has 0 aliphatic carbocycles. The van der Waals surface area contributed by atoms with Crippen molar-refractivity contribution in [2.24, 2.45) is 0 Å². The van der Waals surface area contributed by atoms with Crippen LogP contribution in [0.1, 0.15) is 38.7 Å². The van der Waals surface area contributed by atoms with Gasteiger partial charge in [-0.3, -0.25) is 0 Å². The molecule has 0 aromatic heterocycles. The Kier molecular flexibility index (Phi) is 8.66. The number of hydrogen-bond acceptors (Lipinski definition) is 2. The minimum Gasteiger partial charge on any atom is -0.508 e. The second-order valence-corrected chi connectivity index (χ2v) is 4.96. The largest absolute Gasteiger partial charge is 0.508 e. The summed E-state index contributed by atoms with van der Waals surface area (Å²) in [5.74, 6) is 0.363. The van der Waals surface area contributed by atoms with Crippen LogP contribution in [-0.2, 0) is 6.54 Å². The fourth-order valence-electron chi connectivity index (χ4n) is 1.75. The Morgan fingerprint density at radius 1 is 1.35 bits per heavy atom. The average molecular weight is 323 g/mol. The summed E-state index contributed by atoms with van der Waals surface area (Å²) >= 11 is 3.41. The van der Waals surface area contributed by atoms with Crippen LogP contribution >= 0.6 is 28.3 Å². The predicted octanol–water partition coefficient (Wildman–Crippen LogP) is 4.24. The zero-order chi connectivity index (χ0) is 12.0. The van der Waals surface area contributed by atoms with Crippen LogP contribution in [0, 0.1) is 0 Å². The Bertz CT molecular complexity index is 333. The van der Waals surface area contributed by atoms with Crippen LogP contribution in [0.5, 0.6) is 5.75 Å². The van der Waals surface area contributed by atoms with Gasteiger partial charge >= 0.3 is 0 Å². The Balaban J connectivity index is 0.00000256. The minimum absolute atomic E-state index is 0. The van der Waals surface area contributed by atoms with Gasteiger partial charge in [0.25, 0.3) is 0 Å². The summed E-state index contributed by atoms with van der Waals surface area (Å²) in [6.45, 7) is 5.11. The molecule has 0 saturated carbocycles. The summed E-state index contributed by atoms with van der Waals surface area (Å²) in [7, 11) is 0. The molecule has 1 unspecified atom stereocenters. The molecule has 17 heavy (non-hydrogen) atoms. The molecule has 0 aliphatic rings. The van der Waals surface area contributed by atoms with Gasteiger partial charge in [0.1, 0.15) is 5.75 Å². The van der Waals surface area contributed by atoms with Crippen molar-refractivity contribution in [2.75, 3.05) is 0 Å². The molecule has 0 heterocycles. The highest BCUT2D eigenvalue weighted by Gasteiger charge is 2.06. The summed E-state index contributed by atoms with van der Waals surface area (Å²) in [6, 6.07) is 6.08. The fraction of sp³-hybridized carbons (Fsp3) is 0.538. The summed E-state index contributed by atoms with van der Waals surface area (Å²) < 4.78 is 1.01. The average Bonchev–Trinajstić information content (AvgIpc) is 2.28. The van der Waals surface area contributed by atoms with Gasteiger partial charge in [0.15, 0.2) is 0 Å². The SMILES string of the molecule is CCCC(CC)NCc1cc(Br)ccc1O.Cl. The summed E-state index contributed by atoms with van der Waals surface area (Å²) in [4.78, 5) is 0. The van der Waals surface area contributed by atoms with E-state index in [-0.39, 0.29) is 12.4 Å². The van der Waals surface area contributed by atoms with E-state index in [0.717, 1.165) is 23.0 Å². The molecule has 2 N–H and O–H groups in total. The van der Waals surface area contributed by atoms with Gasteiger partial charge in [-0.15, -0.1) is 12.4 Å². The Hall–Kier alpha value is -0.250. The second-order valence-electron chi connectivity index (χ2n) is 4.05. The fourth-order valence-corrected chi connectivity index (χ4v) is 2.16. The van der Waals surface area contributed by atoms with Gasteiger partial charge in [-0.1, -0.05) is 36.2 Å². The van der Waals surface area contributed by atoms with Crippen LogP contribution in [-0.4, -0.2) is 11.1 Å². The molecule has 0 spiro atoms. The van der Waals surface area contributed by atoms with Gasteiger partial charge < -0.3 is 10.4 Å². The van der Waals surface area contributed by atoms with Crippen molar-refractivity contribution in [3.8, 4) is 5.75 Å². The molecule has 0 bridgehead atoms. The Morgan fingerprint density at radius 3 is 2.65 bits per heavy atom. The normalized spacial score (nSPS) is 11.9. The first kappa shape index (κ1) is 16.8. The van der Waals surface area contributed by atoms with Crippen LogP contribution in [0.25, 0.3) is 0 Å². The number of phenolic OH excluding ortho intramolecular Hbond substituents is 1. The lowest BCUT2D eigenvalue weighted by atomic mass is 10.1. The van der Waals surface area contributed by atoms with Crippen LogP contribution < -0.4 is 5.32 Å². The first-order valence-electron chi connectivity index (χ1n) is 5.88. The standard InChI is InChI=1S/C13H20BrNO.ClH/c1-3-5-12(4-2)15-9-10-8-11(14)6-7-13(10)16;/h6-8,12,15-16H,3-5,9H2,1-2H3;1H. The quantitative estimate of drug-likeness (QED) is 0.821. The third-order valence-electron chi connectivity index (χ3n) is 2.75. The Morgan fingerprint density at radius 2 is 2.06 bits per heavy atom. The Labute approximate surface area is 118 Å². The highest BCUT2D eigenvalue weighted by Crippen LogP contribution is 2.21. The first-order valence-corrected chi connectivity index (χ1v) is 6.67. The molecule has 0 amide bonds. The number of aromatic hydroxyl groups is 1. The van der Waals surface area contributed by atoms with E-state index in [0.29, 0.717) is 11.8 Å². The van der Waals surface area contributed by atoms with Gasteiger partial charge in [-0.2, -0.15) is 0 Å². The van der Waals surface area contributed by atoms with Crippen molar-refractivity contribution >= 4 is 28.3 Å². The van der Waals surface area contributed by atoms with Crippen molar-refractivity contribution in [1.29, 1.82) is 0 Å². The van der Waals surface area contributed by atoms with Crippen molar-refractivity contribution in [1.82, 2.24) is 5.32 Å². The van der Waals surface area contributed by atoms with Gasteiger partial charge in [0.05, 0.1) is 0 Å². The van der Waals surface area contributed by atoms with Crippen molar-refractivity contribution in [3.63, 3.8) is 0 Å². The lowest BCUT2D eigenvalue weighted by molar-refractivity contribution is 0.439. The predicted molar refractivity (Wildman–Crippen MR) is 78.9 cm³/mol. The summed E-state index contributed by atoms with van der Waals surface area (Å²) in [5, 5.41) is 13.2. The molecule has 1 atom stereocenters. The molecule has 98 valence electrons. The van der Waals surface area contributed by atoms with Crippen LogP contribution in [0.15, 0.2) is 22.7 Å². The van der Waals surface area contributed by atoms with Crippen LogP contribution in [0.2, 0.25) is 0 Å². The van der Waals surface area contributed by atoms with E-state index < -0.39 is 0 Å². The minimum atomic E-state index is 0. The van der Waals surface area contributed by atoms with E-state index in [1.54, 1.807) is 6.07 Å². The van der Waals surface area contributed by atoms with Crippen molar-refractivity contribution in [3.05, 3.63) is 28.2 Å². The van der Waals surface area contributed by atoms with Crippen LogP contribution in [0.4, 0.5) is 0 Å². The van der Waals surface area contributed by atoms with Gasteiger partial charge in [-0.05, 0) is 31.0 Å². The summed E-state index contributed by atoms with van der Waals surface area (Å²) in [5.41, 5.74) is 0.948. The summed E-state index contributed by atoms with van der Waals surface area (Å²) in [6.07, 6.45) is 3.50. The maximum Gasteiger partial charge on any atom is 0.120 e. The lowest BCUT2D eigenvalue weighted by Crippen LogP contribution is -2.27. The first-order chi connectivity index (χ1) is 7.67. The number of benzene rings is 1. The molecule has 1 rings (SSSR count). The van der Waals surface area contributed by atoms with Gasteiger partial charge in [0, 0.05) is 22.6 Å². The molecule has 0 fully saturated rings. The smallest absolute Gasteiger partial charge is 0.120 e. The number of nitrogens with one attached hydrogen (secondary N) is 1. The molecule has 2 nitrogen and oxygen atoms in total. The number of halogens is 2. The van der Waals surface area contributed by atoms with E-state index in [1.807, 2.05) is 12.1 Å². The van der Waals surface area contributed by atoms with Crippen molar-refractivity contribution in [2.45, 2.75) is 45.7 Å². The van der Waals surface area contributed by atoms with Crippen LogP contribution in [0.3, 0.4) is 0 Å². The third-order valence-corrected chi connectivity index (χ3v) is 3.25. The second kappa shape index (κ2) is 8.78. The molecular formula is C13H21BrClNO. The topological polar surface area (TPSA) is 32.3 Å². The molecular weight excluding hydrogens is 302 g/mol. The monoisotopic (exact) mass is 321 g/mol. The van der Waals surface area contributed by atoms with E-state index in [9.17, 15) is 5.11 Å². The van der Waals surface area contributed by atoms with E-state index in [4.69, 9.17) is 0 Å². The lowest BCUT2D eigenvalue weighted by Gasteiger charge is -2.16. The molecule has 4 heteroatoms. The van der Waals surface area contributed by atoms with E-state index >= 15 is 0 Å². The molecule has 1 aromatic carbocycles. The third kappa shape index (κ3) is 5.75. The molecule has 0 radical (unpaired) electrons. The zero-order valence-corrected chi connectivity index (χ0v) is 12.8. The van der Waals surface area contributed by atoms with Crippen molar-refractivity contribution < 1.29 is 5.11 Å². The number of hydrogen-bond donors (Lipinski definition) is 2. The number of phenols is 1. The van der Waals surface area contributed by atoms with E-state index in [1.165, 1.54) is 12.8 Å². The molecule has 1 aromatic rings. The highest BCUT2D eigenvalue weighted by atomic mass is 79.9. The maximum atomic E-state index is 9.69. The van der Waals surface area contributed by atoms with Gasteiger partial charge in [-0.25, -0.2) is 0 Å². The zero-order valence-electron chi connectivity index (χ0n) is 10.4. The number of rotatable bonds is 6.